The predicted molar refractivity (Wildman–Crippen MR) is 51.3 cm³/mol. The summed E-state index contributed by atoms with van der Waals surface area (Å²) < 4.78 is 0. The monoisotopic (exact) mass is 221 g/mol. The second kappa shape index (κ2) is 6.39. The second-order valence-corrected chi connectivity index (χ2v) is 3.11. The molecule has 0 spiro atoms. The lowest BCUT2D eigenvalue weighted by Gasteiger charge is -2.17. The molecule has 0 saturated carbocycles. The molecule has 0 aliphatic heterocycles. The van der Waals surface area contributed by atoms with Crippen LogP contribution in [-0.2, 0) is 9.59 Å². The average Bonchev–Trinajstić information content (AvgIpc) is 2.01. The van der Waals surface area contributed by atoms with Gasteiger partial charge in [0.1, 0.15) is 0 Å². The molecule has 14 heavy (non-hydrogen) atoms. The average molecular weight is 222 g/mol. The molecule has 0 heterocycles. The molecule has 0 rings (SSSR count). The molecule has 0 aromatic rings. The Morgan fingerprint density at radius 1 is 1.21 bits per heavy atom. The number of carbonyl (C=O) groups is 2. The molecule has 80 valence electrons. The fourth-order valence-electron chi connectivity index (χ4n) is 0.937. The number of aliphatic carboxylic acids is 2. The molecule has 0 aliphatic rings. The van der Waals surface area contributed by atoms with Crippen molar-refractivity contribution in [2.75, 3.05) is 19.6 Å². The molecule has 0 aromatic carbocycles. The summed E-state index contributed by atoms with van der Waals surface area (Å²) in [6.45, 7) is 1.31. The molecule has 2 N–H and O–H groups in total. The van der Waals surface area contributed by atoms with E-state index in [0.29, 0.717) is 5.57 Å². The van der Waals surface area contributed by atoms with Gasteiger partial charge < -0.3 is 10.2 Å². The minimum absolute atomic E-state index is 0.238. The van der Waals surface area contributed by atoms with E-state index in [1.165, 1.54) is 10.4 Å². The fraction of sp³-hybridized carbons (Fsp3) is 0.500. The maximum Gasteiger partial charge on any atom is 0.317 e. The van der Waals surface area contributed by atoms with Crippen molar-refractivity contribution in [1.82, 2.24) is 4.90 Å². The van der Waals surface area contributed by atoms with Crippen molar-refractivity contribution < 1.29 is 19.8 Å². The van der Waals surface area contributed by atoms with E-state index in [1.807, 2.05) is 0 Å². The van der Waals surface area contributed by atoms with E-state index in [-0.39, 0.29) is 19.6 Å². The predicted octanol–water partition coefficient (Wildman–Crippen LogP) is 0.600. The summed E-state index contributed by atoms with van der Waals surface area (Å²) in [6.07, 6.45) is 0. The first kappa shape index (κ1) is 12.9. The van der Waals surface area contributed by atoms with E-state index in [4.69, 9.17) is 21.8 Å². The van der Waals surface area contributed by atoms with Gasteiger partial charge in [-0.15, -0.1) is 0 Å². The Labute approximate surface area is 86.6 Å². The van der Waals surface area contributed by atoms with Crippen molar-refractivity contribution in [2.24, 2.45) is 0 Å². The highest BCUT2D eigenvalue weighted by molar-refractivity contribution is 6.25. The van der Waals surface area contributed by atoms with Crippen LogP contribution < -0.4 is 0 Å². The first-order chi connectivity index (χ1) is 6.45. The van der Waals surface area contributed by atoms with Crippen molar-refractivity contribution in [3.8, 4) is 0 Å². The van der Waals surface area contributed by atoms with Crippen LogP contribution in [0.25, 0.3) is 0 Å². The van der Waals surface area contributed by atoms with Gasteiger partial charge in [0.15, 0.2) is 0 Å². The molecule has 6 heteroatoms. The number of hydrogen-bond donors (Lipinski definition) is 2. The van der Waals surface area contributed by atoms with Gasteiger partial charge in [-0.05, 0) is 12.5 Å². The standard InChI is InChI=1S/C8H12ClNO4/c1-6(2-9)3-10(4-7(11)12)5-8(13)14/h2H,3-5H2,1H3,(H,11,12)(H,13,14). The molecule has 0 radical (unpaired) electrons. The fourth-order valence-corrected chi connectivity index (χ4v) is 1.01. The number of hydrogen-bond acceptors (Lipinski definition) is 3. The van der Waals surface area contributed by atoms with Crippen LogP contribution in [-0.4, -0.2) is 46.7 Å². The van der Waals surface area contributed by atoms with Crippen molar-refractivity contribution in [3.05, 3.63) is 11.1 Å². The molecule has 0 bridgehead atoms. The molecule has 0 saturated heterocycles. The largest absolute Gasteiger partial charge is 0.480 e. The van der Waals surface area contributed by atoms with Gasteiger partial charge in [0.2, 0.25) is 0 Å². The zero-order chi connectivity index (χ0) is 11.1. The first-order valence-electron chi connectivity index (χ1n) is 3.87. The van der Waals surface area contributed by atoms with Crippen molar-refractivity contribution in [1.29, 1.82) is 0 Å². The topological polar surface area (TPSA) is 77.8 Å². The van der Waals surface area contributed by atoms with Crippen LogP contribution in [0.15, 0.2) is 11.1 Å². The van der Waals surface area contributed by atoms with Gasteiger partial charge in [-0.3, -0.25) is 14.5 Å². The van der Waals surface area contributed by atoms with Crippen LogP contribution in [0.4, 0.5) is 0 Å². The normalized spacial score (nSPS) is 11.8. The Morgan fingerprint density at radius 3 is 1.93 bits per heavy atom. The summed E-state index contributed by atoms with van der Waals surface area (Å²) in [5.41, 5.74) is 2.02. The molecule has 0 aliphatic carbocycles. The zero-order valence-electron chi connectivity index (χ0n) is 7.73. The maximum absolute atomic E-state index is 10.4. The highest BCUT2D eigenvalue weighted by atomic mass is 35.5. The van der Waals surface area contributed by atoms with Gasteiger partial charge in [0, 0.05) is 12.1 Å². The Morgan fingerprint density at radius 2 is 1.64 bits per heavy atom. The Balaban J connectivity index is 4.24. The summed E-state index contributed by atoms with van der Waals surface area (Å²) in [7, 11) is 0. The zero-order valence-corrected chi connectivity index (χ0v) is 8.49. The number of rotatable bonds is 6. The Hall–Kier alpha value is -1.07. The maximum atomic E-state index is 10.4. The Bertz CT molecular complexity index is 236. The molecule has 0 aromatic heterocycles. The van der Waals surface area contributed by atoms with Crippen LogP contribution in [0.1, 0.15) is 6.92 Å². The highest BCUT2D eigenvalue weighted by Gasteiger charge is 2.13. The Kier molecular flexibility index (Phi) is 5.91. The molecule has 5 nitrogen and oxygen atoms in total. The van der Waals surface area contributed by atoms with Crippen LogP contribution in [0.5, 0.6) is 0 Å². The van der Waals surface area contributed by atoms with Gasteiger partial charge in [0.05, 0.1) is 13.1 Å². The molecule has 0 amide bonds. The highest BCUT2D eigenvalue weighted by Crippen LogP contribution is 2.00. The molecular weight excluding hydrogens is 210 g/mol. The summed E-state index contributed by atoms with van der Waals surface area (Å²) in [5.74, 6) is -2.12. The lowest BCUT2D eigenvalue weighted by Crippen LogP contribution is -2.35. The minimum Gasteiger partial charge on any atom is -0.480 e. The third-order valence-electron chi connectivity index (χ3n) is 1.38. The number of halogens is 1. The third-order valence-corrected chi connectivity index (χ3v) is 1.75. The number of nitrogens with zero attached hydrogens (tertiary/aromatic N) is 1. The van der Waals surface area contributed by atoms with Crippen LogP contribution >= 0.6 is 11.6 Å². The number of carboxylic acid groups (broad SMARTS) is 2. The SMILES string of the molecule is CC(=CCl)CN(CC(=O)O)CC(=O)O. The van der Waals surface area contributed by atoms with Gasteiger partial charge >= 0.3 is 11.9 Å². The molecule has 0 fully saturated rings. The van der Waals surface area contributed by atoms with Crippen molar-refractivity contribution >= 4 is 23.5 Å². The lowest BCUT2D eigenvalue weighted by atomic mass is 10.3. The van der Waals surface area contributed by atoms with E-state index >= 15 is 0 Å². The second-order valence-electron chi connectivity index (χ2n) is 2.89. The van der Waals surface area contributed by atoms with Gasteiger partial charge in [-0.2, -0.15) is 0 Å². The van der Waals surface area contributed by atoms with E-state index in [9.17, 15) is 9.59 Å². The number of carboxylic acids is 2. The van der Waals surface area contributed by atoms with E-state index in [1.54, 1.807) is 6.92 Å². The smallest absolute Gasteiger partial charge is 0.317 e. The van der Waals surface area contributed by atoms with E-state index in [2.05, 4.69) is 0 Å². The lowest BCUT2D eigenvalue weighted by molar-refractivity contribution is -0.141. The van der Waals surface area contributed by atoms with Crippen molar-refractivity contribution in [2.45, 2.75) is 6.92 Å². The quantitative estimate of drug-likeness (QED) is 0.687. The van der Waals surface area contributed by atoms with Gasteiger partial charge in [-0.25, -0.2) is 0 Å². The van der Waals surface area contributed by atoms with E-state index < -0.39 is 11.9 Å². The minimum atomic E-state index is -1.06. The van der Waals surface area contributed by atoms with Crippen LogP contribution in [0.3, 0.4) is 0 Å². The van der Waals surface area contributed by atoms with Gasteiger partial charge in [-0.1, -0.05) is 11.6 Å². The van der Waals surface area contributed by atoms with Crippen LogP contribution in [0.2, 0.25) is 0 Å². The molecule has 0 unspecified atom stereocenters. The van der Waals surface area contributed by atoms with Gasteiger partial charge in [0.25, 0.3) is 0 Å². The summed E-state index contributed by atoms with van der Waals surface area (Å²) in [4.78, 5) is 22.0. The van der Waals surface area contributed by atoms with Crippen LogP contribution in [0, 0.1) is 0 Å². The van der Waals surface area contributed by atoms with E-state index in [0.717, 1.165) is 0 Å². The first-order valence-corrected chi connectivity index (χ1v) is 4.31. The summed E-state index contributed by atoms with van der Waals surface area (Å²) in [6, 6.07) is 0. The third kappa shape index (κ3) is 6.45. The summed E-state index contributed by atoms with van der Waals surface area (Å²) >= 11 is 5.39. The van der Waals surface area contributed by atoms with Crippen molar-refractivity contribution in [3.63, 3.8) is 0 Å². The molecule has 0 atom stereocenters. The molecular formula is C8H12ClNO4. The summed E-state index contributed by atoms with van der Waals surface area (Å²) in [5, 5.41) is 17.0.